The number of nitrogens with one attached hydrogen (secondary N) is 1. The van der Waals surface area contributed by atoms with E-state index in [0.29, 0.717) is 5.11 Å². The van der Waals surface area contributed by atoms with Crippen molar-refractivity contribution in [3.63, 3.8) is 0 Å². The van der Waals surface area contributed by atoms with Crippen molar-refractivity contribution in [2.45, 2.75) is 12.8 Å². The zero-order chi connectivity index (χ0) is 11.5. The summed E-state index contributed by atoms with van der Waals surface area (Å²) in [4.78, 5) is 2.35. The average molecular weight is 300 g/mol. The molecule has 0 unspecified atom stereocenters. The van der Waals surface area contributed by atoms with Crippen LogP contribution in [0.5, 0.6) is 0 Å². The van der Waals surface area contributed by atoms with Crippen LogP contribution in [0.2, 0.25) is 0 Å². The van der Waals surface area contributed by atoms with Crippen LogP contribution in [0, 0.1) is 0 Å². The average Bonchev–Trinajstić information content (AvgIpc) is 2.73. The van der Waals surface area contributed by atoms with Gasteiger partial charge in [0.25, 0.3) is 0 Å². The third-order valence-electron chi connectivity index (χ3n) is 2.66. The number of benzene rings is 1. The second-order valence-electron chi connectivity index (χ2n) is 3.84. The Hall–Kier alpha value is -0.810. The summed E-state index contributed by atoms with van der Waals surface area (Å²) in [5.41, 5.74) is 7.67. The van der Waals surface area contributed by atoms with E-state index < -0.39 is 0 Å². The summed E-state index contributed by atoms with van der Waals surface area (Å²) in [7, 11) is 0. The second kappa shape index (κ2) is 5.01. The van der Waals surface area contributed by atoms with Gasteiger partial charge in [0.05, 0.1) is 11.4 Å². The molecule has 1 aliphatic heterocycles. The van der Waals surface area contributed by atoms with Crippen molar-refractivity contribution in [3.8, 4) is 0 Å². The van der Waals surface area contributed by atoms with Gasteiger partial charge in [0.15, 0.2) is 5.11 Å². The molecule has 3 nitrogen and oxygen atoms in total. The summed E-state index contributed by atoms with van der Waals surface area (Å²) < 4.78 is 1.07. The van der Waals surface area contributed by atoms with Crippen LogP contribution in [0.1, 0.15) is 12.8 Å². The van der Waals surface area contributed by atoms with Crippen LogP contribution in [0.25, 0.3) is 0 Å². The monoisotopic (exact) mass is 299 g/mol. The van der Waals surface area contributed by atoms with Crippen LogP contribution in [0.3, 0.4) is 0 Å². The fraction of sp³-hybridized carbons (Fsp3) is 0.364. The Kier molecular flexibility index (Phi) is 3.66. The van der Waals surface area contributed by atoms with Gasteiger partial charge >= 0.3 is 0 Å². The Labute approximate surface area is 109 Å². The molecular weight excluding hydrogens is 286 g/mol. The number of nitrogens with two attached hydrogens (primary N) is 1. The molecule has 0 bridgehead atoms. The summed E-state index contributed by atoms with van der Waals surface area (Å²) >= 11 is 8.37. The molecule has 0 radical (unpaired) electrons. The summed E-state index contributed by atoms with van der Waals surface area (Å²) in [6.07, 6.45) is 2.50. The van der Waals surface area contributed by atoms with E-state index in [4.69, 9.17) is 18.0 Å². The predicted octanol–water partition coefficient (Wildman–Crippen LogP) is 2.70. The van der Waals surface area contributed by atoms with Gasteiger partial charge in [-0.25, -0.2) is 0 Å². The molecule has 16 heavy (non-hydrogen) atoms. The van der Waals surface area contributed by atoms with E-state index in [9.17, 15) is 0 Å². The number of rotatable bonds is 2. The normalized spacial score (nSPS) is 15.2. The van der Waals surface area contributed by atoms with Gasteiger partial charge in [-0.2, -0.15) is 0 Å². The molecule has 2 rings (SSSR count). The standard InChI is InChI=1S/C11H14BrN3S/c12-8-3-4-9(14-11(13)16)10(7-8)15-5-1-2-6-15/h3-4,7H,1-2,5-6H2,(H3,13,14,16). The maximum atomic E-state index is 5.52. The first-order valence-corrected chi connectivity index (χ1v) is 6.48. The van der Waals surface area contributed by atoms with Gasteiger partial charge in [-0.1, -0.05) is 15.9 Å². The Morgan fingerprint density at radius 2 is 2.06 bits per heavy atom. The van der Waals surface area contributed by atoms with Crippen LogP contribution in [0.4, 0.5) is 11.4 Å². The fourth-order valence-corrected chi connectivity index (χ4v) is 2.42. The van der Waals surface area contributed by atoms with Gasteiger partial charge in [-0.15, -0.1) is 0 Å². The van der Waals surface area contributed by atoms with Crippen molar-refractivity contribution in [1.29, 1.82) is 0 Å². The van der Waals surface area contributed by atoms with Crippen molar-refractivity contribution in [1.82, 2.24) is 0 Å². The van der Waals surface area contributed by atoms with E-state index in [1.54, 1.807) is 0 Å². The molecule has 1 aliphatic rings. The second-order valence-corrected chi connectivity index (χ2v) is 5.20. The molecule has 1 aromatic rings. The van der Waals surface area contributed by atoms with Crippen LogP contribution in [-0.2, 0) is 0 Å². The lowest BCUT2D eigenvalue weighted by Crippen LogP contribution is -2.23. The maximum Gasteiger partial charge on any atom is 0.168 e. The molecule has 0 saturated carbocycles. The lowest BCUT2D eigenvalue weighted by Gasteiger charge is -2.22. The van der Waals surface area contributed by atoms with Crippen molar-refractivity contribution < 1.29 is 0 Å². The molecule has 1 saturated heterocycles. The Bertz CT molecular complexity index is 402. The van der Waals surface area contributed by atoms with Gasteiger partial charge in [-0.3, -0.25) is 0 Å². The molecule has 0 atom stereocenters. The van der Waals surface area contributed by atoms with Crippen molar-refractivity contribution >= 4 is 44.6 Å². The summed E-state index contributed by atoms with van der Waals surface area (Å²) in [5, 5.41) is 3.33. The Balaban J connectivity index is 2.31. The minimum Gasteiger partial charge on any atom is -0.376 e. The largest absolute Gasteiger partial charge is 0.376 e. The molecule has 0 amide bonds. The van der Waals surface area contributed by atoms with E-state index in [-0.39, 0.29) is 0 Å². The lowest BCUT2D eigenvalue weighted by atomic mass is 10.2. The third-order valence-corrected chi connectivity index (χ3v) is 3.26. The molecule has 1 aromatic carbocycles. The van der Waals surface area contributed by atoms with E-state index in [1.165, 1.54) is 18.5 Å². The summed E-state index contributed by atoms with van der Waals surface area (Å²) in [6, 6.07) is 6.09. The van der Waals surface area contributed by atoms with Crippen LogP contribution in [-0.4, -0.2) is 18.2 Å². The molecule has 86 valence electrons. The number of thiocarbonyl (C=S) groups is 1. The first-order chi connectivity index (χ1) is 7.66. The number of nitrogens with zero attached hydrogens (tertiary/aromatic N) is 1. The highest BCUT2D eigenvalue weighted by atomic mass is 79.9. The molecule has 3 N–H and O–H groups in total. The van der Waals surface area contributed by atoms with Gasteiger partial charge in [0.2, 0.25) is 0 Å². The number of hydrogen-bond donors (Lipinski definition) is 2. The van der Waals surface area contributed by atoms with Crippen LogP contribution in [0.15, 0.2) is 22.7 Å². The summed E-state index contributed by atoms with van der Waals surface area (Å²) in [5.74, 6) is 0. The third kappa shape index (κ3) is 2.65. The smallest absolute Gasteiger partial charge is 0.168 e. The molecular formula is C11H14BrN3S. The Morgan fingerprint density at radius 1 is 1.38 bits per heavy atom. The van der Waals surface area contributed by atoms with Gasteiger partial charge in [0.1, 0.15) is 0 Å². The molecule has 0 spiro atoms. The number of anilines is 2. The molecule has 0 aromatic heterocycles. The minimum atomic E-state index is 0.308. The lowest BCUT2D eigenvalue weighted by molar-refractivity contribution is 0.949. The zero-order valence-corrected chi connectivity index (χ0v) is 11.3. The van der Waals surface area contributed by atoms with E-state index in [1.807, 2.05) is 12.1 Å². The Morgan fingerprint density at radius 3 is 2.69 bits per heavy atom. The quantitative estimate of drug-likeness (QED) is 0.824. The van der Waals surface area contributed by atoms with Crippen LogP contribution < -0.4 is 16.0 Å². The van der Waals surface area contributed by atoms with E-state index >= 15 is 0 Å². The summed E-state index contributed by atoms with van der Waals surface area (Å²) in [6.45, 7) is 2.20. The van der Waals surface area contributed by atoms with Crippen molar-refractivity contribution in [2.24, 2.45) is 5.73 Å². The SMILES string of the molecule is NC(=S)Nc1ccc(Br)cc1N1CCCC1. The van der Waals surface area contributed by atoms with Crippen molar-refractivity contribution in [2.75, 3.05) is 23.3 Å². The first-order valence-electron chi connectivity index (χ1n) is 5.28. The molecule has 5 heteroatoms. The predicted molar refractivity (Wildman–Crippen MR) is 76.0 cm³/mol. The minimum absolute atomic E-state index is 0.308. The van der Waals surface area contributed by atoms with Gasteiger partial charge in [0, 0.05) is 17.6 Å². The molecule has 1 heterocycles. The number of hydrogen-bond acceptors (Lipinski definition) is 2. The molecule has 0 aliphatic carbocycles. The van der Waals surface area contributed by atoms with Gasteiger partial charge < -0.3 is 16.0 Å². The highest BCUT2D eigenvalue weighted by Gasteiger charge is 2.16. The zero-order valence-electron chi connectivity index (χ0n) is 8.87. The van der Waals surface area contributed by atoms with E-state index in [2.05, 4.69) is 32.2 Å². The highest BCUT2D eigenvalue weighted by Crippen LogP contribution is 2.31. The maximum absolute atomic E-state index is 5.52. The van der Waals surface area contributed by atoms with Crippen molar-refractivity contribution in [3.05, 3.63) is 22.7 Å². The van der Waals surface area contributed by atoms with Crippen LogP contribution >= 0.6 is 28.1 Å². The van der Waals surface area contributed by atoms with Gasteiger partial charge in [-0.05, 0) is 43.3 Å². The highest BCUT2D eigenvalue weighted by molar-refractivity contribution is 9.10. The van der Waals surface area contributed by atoms with E-state index in [0.717, 1.165) is 23.2 Å². The first kappa shape index (κ1) is 11.7. The number of halogens is 1. The fourth-order valence-electron chi connectivity index (χ4n) is 1.96. The molecule has 1 fully saturated rings. The topological polar surface area (TPSA) is 41.3 Å².